The predicted octanol–water partition coefficient (Wildman–Crippen LogP) is 4.51. The Balaban J connectivity index is 1.64. The van der Waals surface area contributed by atoms with Crippen LogP contribution in [0.25, 0.3) is 11.0 Å². The number of halogens is 3. The van der Waals surface area contributed by atoms with E-state index in [0.29, 0.717) is 28.7 Å². The predicted molar refractivity (Wildman–Crippen MR) is 122 cm³/mol. The SMILES string of the molecule is Cc1nc(NC(C)c2cccc(C(F)F)c2F)c2cc(N3CCN(C(C)C)CC3)nnc2n1. The average molecular weight is 460 g/mol. The van der Waals surface area contributed by atoms with Crippen LogP contribution >= 0.6 is 0 Å². The lowest BCUT2D eigenvalue weighted by Gasteiger charge is -2.37. The number of alkyl halides is 2. The fourth-order valence-electron chi connectivity index (χ4n) is 4.12. The Morgan fingerprint density at radius 3 is 2.33 bits per heavy atom. The molecule has 33 heavy (non-hydrogen) atoms. The van der Waals surface area contributed by atoms with Crippen LogP contribution in [0.5, 0.6) is 0 Å². The summed E-state index contributed by atoms with van der Waals surface area (Å²) in [7, 11) is 0. The molecule has 2 aromatic heterocycles. The van der Waals surface area contributed by atoms with Gasteiger partial charge in [-0.25, -0.2) is 23.1 Å². The molecule has 4 rings (SSSR count). The second kappa shape index (κ2) is 9.46. The summed E-state index contributed by atoms with van der Waals surface area (Å²) in [6.07, 6.45) is -2.88. The fourth-order valence-corrected chi connectivity index (χ4v) is 4.12. The van der Waals surface area contributed by atoms with Crippen LogP contribution in [0.1, 0.15) is 50.2 Å². The molecule has 1 saturated heterocycles. The van der Waals surface area contributed by atoms with E-state index in [2.05, 4.69) is 49.1 Å². The molecular weight excluding hydrogens is 431 g/mol. The van der Waals surface area contributed by atoms with Crippen molar-refractivity contribution in [2.45, 2.75) is 46.2 Å². The van der Waals surface area contributed by atoms with Gasteiger partial charge in [0.15, 0.2) is 11.5 Å². The Morgan fingerprint density at radius 1 is 0.970 bits per heavy atom. The van der Waals surface area contributed by atoms with Gasteiger partial charge in [0.2, 0.25) is 0 Å². The lowest BCUT2D eigenvalue weighted by molar-refractivity contribution is 0.146. The topological polar surface area (TPSA) is 70.1 Å². The quantitative estimate of drug-likeness (QED) is 0.582. The maximum atomic E-state index is 14.7. The van der Waals surface area contributed by atoms with Crippen LogP contribution in [0.3, 0.4) is 0 Å². The standard InChI is InChI=1S/C23H28F3N7/c1-13(2)32-8-10-33(11-9-32)19-12-18-22(28-15(4)29-23(18)31-30-19)27-14(3)16-6-5-7-17(20(16)24)21(25)26/h5-7,12-14,21H,8-11H2,1-4H3,(H,27,28,29,31). The van der Waals surface area contributed by atoms with Gasteiger partial charge in [0.05, 0.1) is 17.0 Å². The van der Waals surface area contributed by atoms with Crippen molar-refractivity contribution in [3.8, 4) is 0 Å². The summed E-state index contributed by atoms with van der Waals surface area (Å²) in [4.78, 5) is 13.4. The van der Waals surface area contributed by atoms with Gasteiger partial charge in [-0.1, -0.05) is 18.2 Å². The van der Waals surface area contributed by atoms with E-state index >= 15 is 0 Å². The number of nitrogens with zero attached hydrogens (tertiary/aromatic N) is 6. The molecule has 10 heteroatoms. The van der Waals surface area contributed by atoms with Crippen LogP contribution < -0.4 is 10.2 Å². The molecule has 1 aromatic carbocycles. The first kappa shape index (κ1) is 23.2. The van der Waals surface area contributed by atoms with Gasteiger partial charge in [0, 0.05) is 37.8 Å². The van der Waals surface area contributed by atoms with E-state index in [1.165, 1.54) is 12.1 Å². The van der Waals surface area contributed by atoms with Gasteiger partial charge >= 0.3 is 0 Å². The number of hydrogen-bond acceptors (Lipinski definition) is 7. The molecule has 7 nitrogen and oxygen atoms in total. The van der Waals surface area contributed by atoms with E-state index in [4.69, 9.17) is 0 Å². The van der Waals surface area contributed by atoms with E-state index in [1.54, 1.807) is 13.8 Å². The maximum Gasteiger partial charge on any atom is 0.266 e. The van der Waals surface area contributed by atoms with Crippen LogP contribution in [0.15, 0.2) is 24.3 Å². The molecule has 1 atom stereocenters. The van der Waals surface area contributed by atoms with Crippen molar-refractivity contribution in [1.29, 1.82) is 0 Å². The zero-order valence-electron chi connectivity index (χ0n) is 19.2. The maximum absolute atomic E-state index is 14.7. The van der Waals surface area contributed by atoms with Crippen molar-refractivity contribution in [1.82, 2.24) is 25.1 Å². The lowest BCUT2D eigenvalue weighted by Crippen LogP contribution is -2.49. The number of hydrogen-bond donors (Lipinski definition) is 1. The van der Waals surface area contributed by atoms with Gasteiger partial charge in [0.1, 0.15) is 17.5 Å². The molecule has 0 radical (unpaired) electrons. The van der Waals surface area contributed by atoms with Crippen molar-refractivity contribution in [3.05, 3.63) is 47.0 Å². The van der Waals surface area contributed by atoms with Crippen molar-refractivity contribution in [2.24, 2.45) is 0 Å². The molecule has 1 aliphatic rings. The highest BCUT2D eigenvalue weighted by Gasteiger charge is 2.23. The highest BCUT2D eigenvalue weighted by atomic mass is 19.3. The molecule has 1 unspecified atom stereocenters. The molecule has 0 aliphatic carbocycles. The Hall–Kier alpha value is -3.01. The van der Waals surface area contributed by atoms with Gasteiger partial charge in [-0.3, -0.25) is 4.90 Å². The van der Waals surface area contributed by atoms with Crippen molar-refractivity contribution < 1.29 is 13.2 Å². The summed E-state index contributed by atoms with van der Waals surface area (Å²) in [5.41, 5.74) is -0.0496. The minimum atomic E-state index is -2.88. The van der Waals surface area contributed by atoms with Gasteiger partial charge in [-0.05, 0) is 33.8 Å². The molecule has 3 aromatic rings. The van der Waals surface area contributed by atoms with E-state index in [1.807, 2.05) is 6.07 Å². The summed E-state index contributed by atoms with van der Waals surface area (Å²) in [6.45, 7) is 11.3. The zero-order valence-corrected chi connectivity index (χ0v) is 19.2. The van der Waals surface area contributed by atoms with Crippen molar-refractivity contribution >= 4 is 22.7 Å². The largest absolute Gasteiger partial charge is 0.363 e. The summed E-state index contributed by atoms with van der Waals surface area (Å²) in [6, 6.07) is 5.80. The van der Waals surface area contributed by atoms with Crippen LogP contribution in [0.4, 0.5) is 24.8 Å². The Morgan fingerprint density at radius 2 is 1.67 bits per heavy atom. The molecule has 0 spiro atoms. The third-order valence-electron chi connectivity index (χ3n) is 6.04. The first-order chi connectivity index (χ1) is 15.7. The van der Waals surface area contributed by atoms with Crippen LogP contribution in [0.2, 0.25) is 0 Å². The van der Waals surface area contributed by atoms with Crippen molar-refractivity contribution in [3.63, 3.8) is 0 Å². The summed E-state index contributed by atoms with van der Waals surface area (Å²) >= 11 is 0. The van der Waals surface area contributed by atoms with Gasteiger partial charge < -0.3 is 10.2 Å². The summed E-state index contributed by atoms with van der Waals surface area (Å²) < 4.78 is 41.0. The van der Waals surface area contributed by atoms with Gasteiger partial charge in [-0.15, -0.1) is 10.2 Å². The average Bonchev–Trinajstić information content (AvgIpc) is 2.78. The minimum Gasteiger partial charge on any atom is -0.363 e. The zero-order chi connectivity index (χ0) is 23.7. The number of fused-ring (bicyclic) bond motifs is 1. The number of benzene rings is 1. The molecule has 3 heterocycles. The molecule has 1 aliphatic heterocycles. The van der Waals surface area contributed by atoms with Crippen LogP contribution in [0, 0.1) is 12.7 Å². The first-order valence-corrected chi connectivity index (χ1v) is 11.1. The summed E-state index contributed by atoms with van der Waals surface area (Å²) in [5.74, 6) is 0.751. The number of rotatable bonds is 6. The minimum absolute atomic E-state index is 0.143. The summed E-state index contributed by atoms with van der Waals surface area (Å²) in [5, 5.41) is 12.5. The van der Waals surface area contributed by atoms with Crippen LogP contribution in [-0.4, -0.2) is 57.3 Å². The first-order valence-electron chi connectivity index (χ1n) is 11.1. The Kier molecular flexibility index (Phi) is 6.64. The fraction of sp³-hybridized carbons (Fsp3) is 0.478. The van der Waals surface area contributed by atoms with E-state index in [0.717, 1.165) is 38.1 Å². The molecule has 0 saturated carbocycles. The van der Waals surface area contributed by atoms with E-state index in [-0.39, 0.29) is 5.56 Å². The molecule has 1 N–H and O–H groups in total. The highest BCUT2D eigenvalue weighted by molar-refractivity contribution is 5.88. The number of aryl methyl sites for hydroxylation is 1. The monoisotopic (exact) mass is 459 g/mol. The van der Waals surface area contributed by atoms with E-state index < -0.39 is 23.8 Å². The third-order valence-corrected chi connectivity index (χ3v) is 6.04. The molecule has 176 valence electrons. The molecule has 1 fully saturated rings. The van der Waals surface area contributed by atoms with E-state index in [9.17, 15) is 13.2 Å². The molecular formula is C23H28F3N7. The third kappa shape index (κ3) is 4.85. The second-order valence-corrected chi connectivity index (χ2v) is 8.59. The number of aromatic nitrogens is 4. The number of nitrogens with one attached hydrogen (secondary N) is 1. The highest BCUT2D eigenvalue weighted by Crippen LogP contribution is 2.30. The smallest absolute Gasteiger partial charge is 0.266 e. The molecule has 0 amide bonds. The second-order valence-electron chi connectivity index (χ2n) is 8.59. The normalized spacial score (nSPS) is 16.1. The Bertz CT molecular complexity index is 1130. The number of piperazine rings is 1. The van der Waals surface area contributed by atoms with Crippen LogP contribution in [-0.2, 0) is 0 Å². The van der Waals surface area contributed by atoms with Gasteiger partial charge in [-0.2, -0.15) is 0 Å². The Labute approximate surface area is 191 Å². The van der Waals surface area contributed by atoms with Gasteiger partial charge in [0.25, 0.3) is 6.43 Å². The lowest BCUT2D eigenvalue weighted by atomic mass is 10.0. The number of anilines is 2. The van der Waals surface area contributed by atoms with Crippen molar-refractivity contribution in [2.75, 3.05) is 36.4 Å². The molecule has 0 bridgehead atoms.